The molecule has 11 nitrogen and oxygen atoms in total. The van der Waals surface area contributed by atoms with Gasteiger partial charge in [0, 0.05) is 41.9 Å². The summed E-state index contributed by atoms with van der Waals surface area (Å²) in [7, 11) is 1.43. The number of rotatable bonds is 9. The van der Waals surface area contributed by atoms with E-state index in [-0.39, 0.29) is 6.54 Å². The Hall–Kier alpha value is -4.29. The van der Waals surface area contributed by atoms with Crippen LogP contribution >= 0.6 is 0 Å². The Labute approximate surface area is 233 Å². The molecule has 2 N–H and O–H groups in total. The van der Waals surface area contributed by atoms with Crippen molar-refractivity contribution in [3.05, 3.63) is 65.5 Å². The lowest BCUT2D eigenvalue weighted by molar-refractivity contribution is 0.324. The van der Waals surface area contributed by atoms with Gasteiger partial charge in [-0.2, -0.15) is 4.31 Å². The molecule has 5 rings (SSSR count). The van der Waals surface area contributed by atoms with E-state index >= 15 is 0 Å². The predicted octanol–water partition coefficient (Wildman–Crippen LogP) is 4.88. The smallest absolute Gasteiger partial charge is 0.227 e. The molecule has 4 aromatic rings. The fourth-order valence-corrected chi connectivity index (χ4v) is 5.31. The highest BCUT2D eigenvalue weighted by molar-refractivity contribution is 7.88. The van der Waals surface area contributed by atoms with Crippen LogP contribution in [0.4, 0.5) is 23.0 Å². The van der Waals surface area contributed by atoms with Crippen molar-refractivity contribution in [3.63, 3.8) is 0 Å². The number of aromatic nitrogens is 2. The van der Waals surface area contributed by atoms with E-state index in [1.54, 1.807) is 27.5 Å². The van der Waals surface area contributed by atoms with Gasteiger partial charge in [0.15, 0.2) is 17.3 Å². The van der Waals surface area contributed by atoms with Crippen LogP contribution < -0.4 is 24.8 Å². The molecule has 12 heteroatoms. The average molecular weight is 566 g/mol. The molecule has 3 heterocycles. The van der Waals surface area contributed by atoms with Gasteiger partial charge in [-0.05, 0) is 54.8 Å². The predicted molar refractivity (Wildman–Crippen MR) is 153 cm³/mol. The number of sulfonamides is 1. The first-order chi connectivity index (χ1) is 19.2. The number of nitrogens with zero attached hydrogens (tertiary/aromatic N) is 3. The summed E-state index contributed by atoms with van der Waals surface area (Å²) in [6.45, 7) is 2.57. The summed E-state index contributed by atoms with van der Waals surface area (Å²) in [5.74, 6) is 3.29. The summed E-state index contributed by atoms with van der Waals surface area (Å²) in [6, 6.07) is 13.3. The molecule has 1 aliphatic heterocycles. The molecule has 0 radical (unpaired) electrons. The third-order valence-corrected chi connectivity index (χ3v) is 7.87. The summed E-state index contributed by atoms with van der Waals surface area (Å²) < 4.78 is 47.7. The van der Waals surface area contributed by atoms with Crippen LogP contribution in [-0.4, -0.2) is 56.8 Å². The van der Waals surface area contributed by atoms with Crippen molar-refractivity contribution in [3.8, 4) is 28.7 Å². The van der Waals surface area contributed by atoms with Crippen LogP contribution in [0.5, 0.6) is 17.2 Å². The van der Waals surface area contributed by atoms with Crippen LogP contribution in [-0.2, 0) is 23.0 Å². The topological polar surface area (TPSA) is 128 Å². The SMILES string of the molecule is COc1cc(Nc2ccc(Nc3ncc(C)c(-c4cc5c(o4)CN(S(C)(=O)=O)CC5)n3)cc2)cc(OC)c1OC. The molecule has 0 amide bonds. The number of ether oxygens (including phenoxy) is 3. The Morgan fingerprint density at radius 1 is 0.925 bits per heavy atom. The van der Waals surface area contributed by atoms with Gasteiger partial charge in [-0.15, -0.1) is 0 Å². The maximum absolute atomic E-state index is 12.0. The Bertz CT molecular complexity index is 1610. The van der Waals surface area contributed by atoms with Crippen molar-refractivity contribution in [2.45, 2.75) is 19.9 Å². The Kier molecular flexibility index (Phi) is 7.55. The number of hydrogen-bond donors (Lipinski definition) is 2. The molecule has 0 atom stereocenters. The third-order valence-electron chi connectivity index (χ3n) is 6.62. The second kappa shape index (κ2) is 11.1. The fourth-order valence-electron chi connectivity index (χ4n) is 4.53. The molecule has 0 fully saturated rings. The van der Waals surface area contributed by atoms with Gasteiger partial charge in [0.05, 0.1) is 34.1 Å². The number of fused-ring (bicyclic) bond motifs is 1. The van der Waals surface area contributed by atoms with Gasteiger partial charge in [0.1, 0.15) is 11.5 Å². The third kappa shape index (κ3) is 5.68. The molecule has 0 saturated carbocycles. The molecular formula is C28H31N5O6S. The first-order valence-corrected chi connectivity index (χ1v) is 14.4. The second-order valence-electron chi connectivity index (χ2n) is 9.37. The highest BCUT2D eigenvalue weighted by atomic mass is 32.2. The van der Waals surface area contributed by atoms with E-state index in [1.165, 1.54) is 10.6 Å². The summed E-state index contributed by atoms with van der Waals surface area (Å²) in [5, 5.41) is 6.58. The van der Waals surface area contributed by atoms with Crippen molar-refractivity contribution in [1.29, 1.82) is 0 Å². The van der Waals surface area contributed by atoms with Crippen molar-refractivity contribution in [2.24, 2.45) is 0 Å². The molecule has 0 spiro atoms. The number of benzene rings is 2. The standard InChI is InChI=1S/C28H31N5O6S/c1-17-15-29-28(32-26(17)22-12-18-10-11-33(40(5,34)35)16-25(18)39-22)31-20-8-6-19(7-9-20)30-21-13-23(36-2)27(38-4)24(14-21)37-3/h6-9,12-15,30H,10-11,16H2,1-5H3,(H,29,31,32). The number of anilines is 4. The molecule has 0 saturated heterocycles. The minimum Gasteiger partial charge on any atom is -0.493 e. The molecule has 2 aromatic heterocycles. The van der Waals surface area contributed by atoms with Crippen LogP contribution in [0.25, 0.3) is 11.5 Å². The number of methoxy groups -OCH3 is 3. The minimum absolute atomic E-state index is 0.222. The average Bonchev–Trinajstić information content (AvgIpc) is 3.37. The van der Waals surface area contributed by atoms with Crippen LogP contribution in [0.3, 0.4) is 0 Å². The highest BCUT2D eigenvalue weighted by Gasteiger charge is 2.27. The molecule has 2 aromatic carbocycles. The molecule has 0 unspecified atom stereocenters. The maximum Gasteiger partial charge on any atom is 0.227 e. The fraction of sp³-hybridized carbons (Fsp3) is 0.286. The Balaban J connectivity index is 1.32. The monoisotopic (exact) mass is 565 g/mol. The summed E-state index contributed by atoms with van der Waals surface area (Å²) in [4.78, 5) is 9.11. The van der Waals surface area contributed by atoms with Crippen LogP contribution in [0.1, 0.15) is 16.9 Å². The summed E-state index contributed by atoms with van der Waals surface area (Å²) in [6.07, 6.45) is 3.54. The van der Waals surface area contributed by atoms with Crippen molar-refractivity contribution in [1.82, 2.24) is 14.3 Å². The lowest BCUT2D eigenvalue weighted by Crippen LogP contribution is -2.34. The van der Waals surface area contributed by atoms with E-state index in [2.05, 4.69) is 15.6 Å². The Morgan fingerprint density at radius 2 is 1.57 bits per heavy atom. The van der Waals surface area contributed by atoms with Gasteiger partial charge in [0.2, 0.25) is 21.7 Å². The molecule has 1 aliphatic rings. The van der Waals surface area contributed by atoms with Gasteiger partial charge in [-0.3, -0.25) is 0 Å². The van der Waals surface area contributed by atoms with Gasteiger partial charge >= 0.3 is 0 Å². The van der Waals surface area contributed by atoms with Gasteiger partial charge in [-0.1, -0.05) is 0 Å². The van der Waals surface area contributed by atoms with Crippen LogP contribution in [0, 0.1) is 6.92 Å². The molecule has 40 heavy (non-hydrogen) atoms. The number of hydrogen-bond acceptors (Lipinski definition) is 10. The molecule has 0 aliphatic carbocycles. The largest absolute Gasteiger partial charge is 0.493 e. The van der Waals surface area contributed by atoms with E-state index in [4.69, 9.17) is 23.6 Å². The van der Waals surface area contributed by atoms with Gasteiger partial charge in [0.25, 0.3) is 0 Å². The second-order valence-corrected chi connectivity index (χ2v) is 11.4. The maximum atomic E-state index is 12.0. The van der Waals surface area contributed by atoms with E-state index < -0.39 is 10.0 Å². The minimum atomic E-state index is -3.29. The van der Waals surface area contributed by atoms with E-state index in [1.807, 2.05) is 49.4 Å². The summed E-state index contributed by atoms with van der Waals surface area (Å²) >= 11 is 0. The zero-order valence-electron chi connectivity index (χ0n) is 22.9. The molecule has 210 valence electrons. The van der Waals surface area contributed by atoms with E-state index in [0.29, 0.717) is 53.4 Å². The molecular weight excluding hydrogens is 534 g/mol. The zero-order valence-corrected chi connectivity index (χ0v) is 23.8. The lowest BCUT2D eigenvalue weighted by Gasteiger charge is -2.23. The normalized spacial score (nSPS) is 13.4. The number of aryl methyl sites for hydroxylation is 1. The van der Waals surface area contributed by atoms with Crippen LogP contribution in [0.15, 0.2) is 53.1 Å². The quantitative estimate of drug-likeness (QED) is 0.290. The van der Waals surface area contributed by atoms with Gasteiger partial charge < -0.3 is 29.3 Å². The van der Waals surface area contributed by atoms with E-state index in [0.717, 1.165) is 28.2 Å². The number of furan rings is 1. The first-order valence-electron chi connectivity index (χ1n) is 12.5. The summed E-state index contributed by atoms with van der Waals surface area (Å²) in [5.41, 5.74) is 4.93. The first kappa shape index (κ1) is 27.3. The van der Waals surface area contributed by atoms with Gasteiger partial charge in [-0.25, -0.2) is 18.4 Å². The highest BCUT2D eigenvalue weighted by Crippen LogP contribution is 2.40. The van der Waals surface area contributed by atoms with Crippen molar-refractivity contribution in [2.75, 3.05) is 44.8 Å². The van der Waals surface area contributed by atoms with Crippen molar-refractivity contribution < 1.29 is 27.0 Å². The number of nitrogens with one attached hydrogen (secondary N) is 2. The van der Waals surface area contributed by atoms with Crippen molar-refractivity contribution >= 4 is 33.0 Å². The van der Waals surface area contributed by atoms with E-state index in [9.17, 15) is 8.42 Å². The Morgan fingerprint density at radius 3 is 2.17 bits per heavy atom. The lowest BCUT2D eigenvalue weighted by atomic mass is 10.1. The van der Waals surface area contributed by atoms with Crippen LogP contribution in [0.2, 0.25) is 0 Å². The zero-order chi connectivity index (χ0) is 28.4. The molecule has 0 bridgehead atoms.